The van der Waals surface area contributed by atoms with Crippen LogP contribution in [0, 0.1) is 0 Å². The van der Waals surface area contributed by atoms with Gasteiger partial charge in [-0.25, -0.2) is 4.79 Å². The normalized spacial score (nSPS) is 15.2. The molecule has 2 atom stereocenters. The molecular weight excluding hydrogens is 323 g/mol. The van der Waals surface area contributed by atoms with E-state index < -0.39 is 40.2 Å². The molecule has 0 aliphatic rings. The van der Waals surface area contributed by atoms with E-state index in [0.717, 1.165) is 12.1 Å². The van der Waals surface area contributed by atoms with E-state index in [1.807, 2.05) is 0 Å². The second-order valence-electron chi connectivity index (χ2n) is 5.39. The van der Waals surface area contributed by atoms with Crippen LogP contribution in [0.4, 0.5) is 13.2 Å². The van der Waals surface area contributed by atoms with Gasteiger partial charge in [0.15, 0.2) is 6.04 Å². The number of benzene rings is 1. The second kappa shape index (κ2) is 6.76. The zero-order valence-corrected chi connectivity index (χ0v) is 12.9. The van der Waals surface area contributed by atoms with Crippen LogP contribution in [-0.4, -0.2) is 26.7 Å². The number of carboxylic acids is 1. The van der Waals surface area contributed by atoms with Gasteiger partial charge in [-0.2, -0.15) is 0 Å². The van der Waals surface area contributed by atoms with Gasteiger partial charge >= 0.3 is 12.3 Å². The largest absolute Gasteiger partial charge is 0.598 e. The van der Waals surface area contributed by atoms with Gasteiger partial charge in [0.05, 0.1) is 0 Å². The average molecular weight is 339 g/mol. The molecule has 1 rings (SSSR count). The number of nitrogens with one attached hydrogen (secondary N) is 1. The van der Waals surface area contributed by atoms with Crippen molar-refractivity contribution in [2.24, 2.45) is 0 Å². The van der Waals surface area contributed by atoms with Crippen LogP contribution in [0.25, 0.3) is 0 Å². The Morgan fingerprint density at radius 1 is 1.36 bits per heavy atom. The van der Waals surface area contributed by atoms with Crippen LogP contribution in [0.3, 0.4) is 0 Å². The van der Waals surface area contributed by atoms with Gasteiger partial charge in [0, 0.05) is 11.4 Å². The molecule has 0 aliphatic heterocycles. The van der Waals surface area contributed by atoms with Crippen molar-refractivity contribution in [3.63, 3.8) is 0 Å². The summed E-state index contributed by atoms with van der Waals surface area (Å²) in [6.07, 6.45) is -4.88. The Bertz CT molecular complexity index is 531. The van der Waals surface area contributed by atoms with Crippen LogP contribution >= 0.6 is 0 Å². The third kappa shape index (κ3) is 5.74. The first-order valence-electron chi connectivity index (χ1n) is 6.17. The van der Waals surface area contributed by atoms with E-state index >= 15 is 0 Å². The van der Waals surface area contributed by atoms with Crippen molar-refractivity contribution in [3.05, 3.63) is 29.8 Å². The predicted molar refractivity (Wildman–Crippen MR) is 74.5 cm³/mol. The third-order valence-electron chi connectivity index (χ3n) is 2.45. The Hall–Kier alpha value is -1.45. The Morgan fingerprint density at radius 2 is 1.95 bits per heavy atom. The summed E-state index contributed by atoms with van der Waals surface area (Å²) in [7, 11) is 0. The SMILES string of the molecule is CC(C)(C)[S+]([O-])N[C@@H](C(=O)O)c1cccc(OC(F)(F)F)c1. The maximum Gasteiger partial charge on any atom is 0.573 e. The maximum atomic E-state index is 12.2. The molecule has 0 fully saturated rings. The van der Waals surface area contributed by atoms with Crippen LogP contribution in [-0.2, 0) is 16.2 Å². The number of hydrogen-bond donors (Lipinski definition) is 2. The minimum atomic E-state index is -4.88. The summed E-state index contributed by atoms with van der Waals surface area (Å²) in [6.45, 7) is 4.91. The molecule has 5 nitrogen and oxygen atoms in total. The quantitative estimate of drug-likeness (QED) is 0.806. The Morgan fingerprint density at radius 3 is 2.41 bits per heavy atom. The van der Waals surface area contributed by atoms with Gasteiger partial charge in [0.1, 0.15) is 10.5 Å². The highest BCUT2D eigenvalue weighted by atomic mass is 32.2. The van der Waals surface area contributed by atoms with Gasteiger partial charge < -0.3 is 14.4 Å². The predicted octanol–water partition coefficient (Wildman–Crippen LogP) is 2.76. The van der Waals surface area contributed by atoms with Gasteiger partial charge in [-0.15, -0.1) is 17.9 Å². The van der Waals surface area contributed by atoms with E-state index in [4.69, 9.17) is 0 Å². The average Bonchev–Trinajstić information content (AvgIpc) is 2.32. The molecule has 22 heavy (non-hydrogen) atoms. The first-order chi connectivity index (χ1) is 9.90. The Balaban J connectivity index is 3.02. The van der Waals surface area contributed by atoms with E-state index in [2.05, 4.69) is 9.46 Å². The molecule has 1 aromatic carbocycles. The minimum absolute atomic E-state index is 0.00634. The number of rotatable bonds is 5. The van der Waals surface area contributed by atoms with Crippen LogP contribution in [0.5, 0.6) is 5.75 Å². The summed E-state index contributed by atoms with van der Waals surface area (Å²) in [5, 5.41) is 9.20. The Labute approximate surface area is 128 Å². The molecule has 0 aromatic heterocycles. The van der Waals surface area contributed by atoms with E-state index in [1.165, 1.54) is 12.1 Å². The van der Waals surface area contributed by atoms with Gasteiger partial charge in [0.25, 0.3) is 0 Å². The summed E-state index contributed by atoms with van der Waals surface area (Å²) in [4.78, 5) is 11.3. The summed E-state index contributed by atoms with van der Waals surface area (Å²) in [5.41, 5.74) is 0.00634. The number of aliphatic carboxylic acids is 1. The van der Waals surface area contributed by atoms with Crippen LogP contribution in [0.15, 0.2) is 24.3 Å². The number of carboxylic acid groups (broad SMARTS) is 1. The molecule has 0 aliphatic carbocycles. The maximum absolute atomic E-state index is 12.2. The van der Waals surface area contributed by atoms with Gasteiger partial charge in [-0.3, -0.25) is 0 Å². The number of ether oxygens (including phenoxy) is 1. The van der Waals surface area contributed by atoms with Crippen molar-refractivity contribution in [1.29, 1.82) is 0 Å². The van der Waals surface area contributed by atoms with E-state index in [0.29, 0.717) is 0 Å². The Kier molecular flexibility index (Phi) is 5.71. The molecule has 0 heterocycles. The van der Waals surface area contributed by atoms with Gasteiger partial charge in [0.2, 0.25) is 0 Å². The highest BCUT2D eigenvalue weighted by Gasteiger charge is 2.34. The summed E-state index contributed by atoms with van der Waals surface area (Å²) in [6, 6.07) is 3.12. The van der Waals surface area contributed by atoms with Gasteiger partial charge in [-0.05, 0) is 38.5 Å². The monoisotopic (exact) mass is 339 g/mol. The van der Waals surface area contributed by atoms with Crippen LogP contribution in [0.1, 0.15) is 32.4 Å². The number of halogens is 3. The van der Waals surface area contributed by atoms with Crippen molar-refractivity contribution in [2.75, 3.05) is 0 Å². The standard InChI is InChI=1S/C13H16F3NO4S/c1-12(2,3)22(20)17-10(11(18)19)8-5-4-6-9(7-8)21-13(14,15)16/h4-7,10,17H,1-3H3,(H,18,19)/t10-,22?/m1/s1. The molecular formula is C13H16F3NO4S. The van der Waals surface area contributed by atoms with Crippen molar-refractivity contribution in [1.82, 2.24) is 4.72 Å². The molecule has 2 N–H and O–H groups in total. The van der Waals surface area contributed by atoms with Crippen molar-refractivity contribution in [2.45, 2.75) is 37.9 Å². The smallest absolute Gasteiger partial charge is 0.573 e. The summed E-state index contributed by atoms with van der Waals surface area (Å²) in [5.74, 6) is -1.90. The lowest BCUT2D eigenvalue weighted by Gasteiger charge is -2.26. The van der Waals surface area contributed by atoms with Gasteiger partial charge in [-0.1, -0.05) is 12.1 Å². The molecule has 0 saturated carbocycles. The van der Waals surface area contributed by atoms with Crippen molar-refractivity contribution in [3.8, 4) is 5.75 Å². The fourth-order valence-corrected chi connectivity index (χ4v) is 2.24. The van der Waals surface area contributed by atoms with E-state index in [9.17, 15) is 27.6 Å². The van der Waals surface area contributed by atoms with Crippen molar-refractivity contribution < 1.29 is 32.4 Å². The highest BCUT2D eigenvalue weighted by molar-refractivity contribution is 7.90. The first-order valence-corrected chi connectivity index (χ1v) is 7.32. The third-order valence-corrected chi connectivity index (χ3v) is 4.02. The number of carbonyl (C=O) groups is 1. The molecule has 124 valence electrons. The summed E-state index contributed by atoms with van der Waals surface area (Å²) < 4.78 is 54.0. The number of alkyl halides is 3. The zero-order valence-electron chi connectivity index (χ0n) is 12.1. The lowest BCUT2D eigenvalue weighted by Crippen LogP contribution is -2.43. The van der Waals surface area contributed by atoms with E-state index in [-0.39, 0.29) is 5.56 Å². The van der Waals surface area contributed by atoms with Crippen LogP contribution < -0.4 is 9.46 Å². The second-order valence-corrected chi connectivity index (χ2v) is 7.39. The highest BCUT2D eigenvalue weighted by Crippen LogP contribution is 2.27. The fourth-order valence-electron chi connectivity index (χ4n) is 1.44. The minimum Gasteiger partial charge on any atom is -0.598 e. The molecule has 1 aromatic rings. The van der Waals surface area contributed by atoms with E-state index in [1.54, 1.807) is 20.8 Å². The van der Waals surface area contributed by atoms with Crippen molar-refractivity contribution >= 4 is 17.3 Å². The molecule has 0 bridgehead atoms. The molecule has 0 radical (unpaired) electrons. The molecule has 0 amide bonds. The van der Waals surface area contributed by atoms with Crippen LogP contribution in [0.2, 0.25) is 0 Å². The molecule has 0 saturated heterocycles. The fraction of sp³-hybridized carbons (Fsp3) is 0.462. The zero-order chi connectivity index (χ0) is 17.1. The topological polar surface area (TPSA) is 81.6 Å². The lowest BCUT2D eigenvalue weighted by molar-refractivity contribution is -0.274. The first kappa shape index (κ1) is 18.6. The molecule has 9 heteroatoms. The number of hydrogen-bond acceptors (Lipinski definition) is 4. The summed E-state index contributed by atoms with van der Waals surface area (Å²) >= 11 is -1.71. The molecule has 0 spiro atoms. The lowest BCUT2D eigenvalue weighted by atomic mass is 10.1. The molecule has 1 unspecified atom stereocenters.